The van der Waals surface area contributed by atoms with Crippen LogP contribution in [0.3, 0.4) is 0 Å². The first kappa shape index (κ1) is 24.0. The highest BCUT2D eigenvalue weighted by Crippen LogP contribution is 2.20. The topological polar surface area (TPSA) is 131 Å². The number of nitrogens with two attached hydrogens (primary N) is 2. The number of Topliss-reactive ketones (excluding diaryl/α,β-unsaturated/α-hetero) is 1. The zero-order chi connectivity index (χ0) is 22.9. The molecule has 9 heteroatoms. The third kappa shape index (κ3) is 6.21. The molecule has 5 N–H and O–H groups in total. The second-order valence-corrected chi connectivity index (χ2v) is 8.93. The number of carbonyl (C=O) groups is 3. The van der Waals surface area contributed by atoms with E-state index in [1.165, 1.54) is 11.3 Å². The zero-order valence-electron chi connectivity index (χ0n) is 18.1. The van der Waals surface area contributed by atoms with Gasteiger partial charge in [-0.15, -0.1) is 11.3 Å². The number of ketones is 1. The number of hydrogen-bond donors (Lipinski definition) is 3. The van der Waals surface area contributed by atoms with Crippen molar-refractivity contribution < 1.29 is 14.4 Å². The Morgan fingerprint density at radius 3 is 2.69 bits per heavy atom. The Labute approximate surface area is 192 Å². The minimum Gasteiger partial charge on any atom is -0.344 e. The summed E-state index contributed by atoms with van der Waals surface area (Å²) in [5, 5.41) is 4.98. The Balaban J connectivity index is 1.65. The van der Waals surface area contributed by atoms with Gasteiger partial charge in [0.1, 0.15) is 6.04 Å². The van der Waals surface area contributed by atoms with Crippen LogP contribution in [0.15, 0.2) is 41.9 Å². The Morgan fingerprint density at radius 2 is 2.00 bits per heavy atom. The van der Waals surface area contributed by atoms with Crippen molar-refractivity contribution >= 4 is 28.9 Å². The lowest BCUT2D eigenvalue weighted by atomic mass is 10.0. The maximum Gasteiger partial charge on any atom is 0.243 e. The smallest absolute Gasteiger partial charge is 0.243 e. The molecule has 0 aliphatic carbocycles. The summed E-state index contributed by atoms with van der Waals surface area (Å²) in [5.41, 5.74) is 12.7. The van der Waals surface area contributed by atoms with E-state index >= 15 is 0 Å². The predicted molar refractivity (Wildman–Crippen MR) is 124 cm³/mol. The minimum atomic E-state index is -0.719. The fourth-order valence-corrected chi connectivity index (χ4v) is 4.63. The summed E-state index contributed by atoms with van der Waals surface area (Å²) < 4.78 is 0. The SMILES string of the molecule is NCCCCC(NC(=O)[C@@H]1CCCN1C(=O)[C@H](N)Cc1ccccc1)C(=O)c1nccs1. The minimum absolute atomic E-state index is 0.206. The monoisotopic (exact) mass is 457 g/mol. The lowest BCUT2D eigenvalue weighted by Gasteiger charge is -2.28. The van der Waals surface area contributed by atoms with Crippen molar-refractivity contribution in [1.82, 2.24) is 15.2 Å². The van der Waals surface area contributed by atoms with Gasteiger partial charge in [0.2, 0.25) is 17.6 Å². The molecule has 1 aromatic carbocycles. The van der Waals surface area contributed by atoms with Crippen LogP contribution >= 0.6 is 11.3 Å². The van der Waals surface area contributed by atoms with E-state index < -0.39 is 18.1 Å². The molecule has 0 radical (unpaired) electrons. The summed E-state index contributed by atoms with van der Waals surface area (Å²) in [4.78, 5) is 44.7. The molecule has 3 atom stereocenters. The predicted octanol–water partition coefficient (Wildman–Crippen LogP) is 1.50. The molecule has 8 nitrogen and oxygen atoms in total. The van der Waals surface area contributed by atoms with Gasteiger partial charge in [0, 0.05) is 18.1 Å². The number of nitrogens with zero attached hydrogens (tertiary/aromatic N) is 2. The lowest BCUT2D eigenvalue weighted by molar-refractivity contribution is -0.139. The van der Waals surface area contributed by atoms with Gasteiger partial charge in [0.05, 0.1) is 12.1 Å². The van der Waals surface area contributed by atoms with Crippen molar-refractivity contribution in [2.45, 2.75) is 56.7 Å². The van der Waals surface area contributed by atoms with Crippen molar-refractivity contribution in [3.05, 3.63) is 52.5 Å². The molecule has 1 saturated heterocycles. The molecule has 3 rings (SSSR count). The maximum atomic E-state index is 13.1. The van der Waals surface area contributed by atoms with Gasteiger partial charge in [-0.05, 0) is 50.6 Å². The van der Waals surface area contributed by atoms with E-state index in [-0.39, 0.29) is 17.6 Å². The second kappa shape index (κ2) is 11.8. The summed E-state index contributed by atoms with van der Waals surface area (Å²) in [6, 6.07) is 7.55. The van der Waals surface area contributed by atoms with Crippen LogP contribution < -0.4 is 16.8 Å². The molecule has 1 aliphatic heterocycles. The zero-order valence-corrected chi connectivity index (χ0v) is 18.9. The molecule has 0 spiro atoms. The number of aromatic nitrogens is 1. The van der Waals surface area contributed by atoms with E-state index in [4.69, 9.17) is 11.5 Å². The summed E-state index contributed by atoms with van der Waals surface area (Å²) in [6.45, 7) is 1.01. The van der Waals surface area contributed by atoms with Crippen molar-refractivity contribution in [2.75, 3.05) is 13.1 Å². The van der Waals surface area contributed by atoms with E-state index in [0.29, 0.717) is 43.8 Å². The first-order valence-electron chi connectivity index (χ1n) is 11.1. The van der Waals surface area contributed by atoms with Crippen LogP contribution in [-0.4, -0.2) is 58.7 Å². The molecule has 2 aromatic rings. The number of thiazole rings is 1. The van der Waals surface area contributed by atoms with Crippen molar-refractivity contribution in [3.8, 4) is 0 Å². The van der Waals surface area contributed by atoms with Crippen molar-refractivity contribution in [3.63, 3.8) is 0 Å². The average molecular weight is 458 g/mol. The summed E-state index contributed by atoms with van der Waals surface area (Å²) in [6.07, 6.45) is 5.22. The summed E-state index contributed by atoms with van der Waals surface area (Å²) in [7, 11) is 0. The first-order chi connectivity index (χ1) is 15.5. The maximum absolute atomic E-state index is 13.1. The van der Waals surface area contributed by atoms with Gasteiger partial charge in [0.25, 0.3) is 0 Å². The van der Waals surface area contributed by atoms with E-state index in [1.54, 1.807) is 16.5 Å². The molecule has 0 bridgehead atoms. The van der Waals surface area contributed by atoms with Gasteiger partial charge in [-0.25, -0.2) is 4.98 Å². The number of unbranched alkanes of at least 4 members (excludes halogenated alkanes) is 1. The number of nitrogens with one attached hydrogen (secondary N) is 1. The third-order valence-corrected chi connectivity index (χ3v) is 6.46. The van der Waals surface area contributed by atoms with Crippen molar-refractivity contribution in [1.29, 1.82) is 0 Å². The van der Waals surface area contributed by atoms with Gasteiger partial charge in [-0.2, -0.15) is 0 Å². The number of carbonyl (C=O) groups excluding carboxylic acids is 3. The highest BCUT2D eigenvalue weighted by atomic mass is 32.1. The van der Waals surface area contributed by atoms with Gasteiger partial charge < -0.3 is 21.7 Å². The highest BCUT2D eigenvalue weighted by Gasteiger charge is 2.37. The van der Waals surface area contributed by atoms with E-state index in [2.05, 4.69) is 10.3 Å². The Bertz CT molecular complexity index is 890. The standard InChI is InChI=1S/C23H31N5O3S/c24-11-5-4-9-18(20(29)22-26-12-14-32-22)27-21(30)19-10-6-13-28(19)23(31)17(25)15-16-7-2-1-3-8-16/h1-3,7-8,12,14,17-19H,4-6,9-11,13,15,24-25H2,(H,27,30)/t17-,18?,19+/m1/s1. The molecular weight excluding hydrogens is 426 g/mol. The average Bonchev–Trinajstić information content (AvgIpc) is 3.50. The normalized spacial score (nSPS) is 17.7. The lowest BCUT2D eigenvalue weighted by Crippen LogP contribution is -2.54. The fourth-order valence-electron chi connectivity index (χ4n) is 4.00. The Kier molecular flexibility index (Phi) is 8.90. The second-order valence-electron chi connectivity index (χ2n) is 8.03. The van der Waals surface area contributed by atoms with Crippen LogP contribution in [-0.2, 0) is 16.0 Å². The van der Waals surface area contributed by atoms with Crippen LogP contribution in [0.2, 0.25) is 0 Å². The molecule has 2 amide bonds. The van der Waals surface area contributed by atoms with Gasteiger partial charge in [-0.3, -0.25) is 14.4 Å². The number of amides is 2. The van der Waals surface area contributed by atoms with E-state index in [1.807, 2.05) is 30.3 Å². The largest absolute Gasteiger partial charge is 0.344 e. The Hall–Kier alpha value is -2.62. The summed E-state index contributed by atoms with van der Waals surface area (Å²) >= 11 is 1.25. The van der Waals surface area contributed by atoms with Crippen LogP contribution in [0.1, 0.15) is 47.5 Å². The molecule has 172 valence electrons. The number of benzene rings is 1. The number of hydrogen-bond acceptors (Lipinski definition) is 7. The van der Waals surface area contributed by atoms with Crippen LogP contribution in [0.25, 0.3) is 0 Å². The van der Waals surface area contributed by atoms with Gasteiger partial charge in [0.15, 0.2) is 5.01 Å². The molecule has 0 saturated carbocycles. The Morgan fingerprint density at radius 1 is 1.22 bits per heavy atom. The number of likely N-dealkylation sites (tertiary alicyclic amines) is 1. The van der Waals surface area contributed by atoms with Crippen LogP contribution in [0.4, 0.5) is 0 Å². The molecule has 1 aromatic heterocycles. The van der Waals surface area contributed by atoms with Crippen molar-refractivity contribution in [2.24, 2.45) is 11.5 Å². The third-order valence-electron chi connectivity index (χ3n) is 5.68. The number of rotatable bonds is 11. The van der Waals surface area contributed by atoms with E-state index in [9.17, 15) is 14.4 Å². The van der Waals surface area contributed by atoms with E-state index in [0.717, 1.165) is 18.4 Å². The highest BCUT2D eigenvalue weighted by molar-refractivity contribution is 7.11. The molecule has 32 heavy (non-hydrogen) atoms. The van der Waals surface area contributed by atoms with Crippen LogP contribution in [0.5, 0.6) is 0 Å². The quantitative estimate of drug-likeness (QED) is 0.346. The van der Waals surface area contributed by atoms with Gasteiger partial charge >= 0.3 is 0 Å². The van der Waals surface area contributed by atoms with Gasteiger partial charge in [-0.1, -0.05) is 30.3 Å². The molecular formula is C23H31N5O3S. The van der Waals surface area contributed by atoms with Crippen LogP contribution in [0, 0.1) is 0 Å². The molecule has 1 aliphatic rings. The molecule has 1 unspecified atom stereocenters. The fraction of sp³-hybridized carbons (Fsp3) is 0.478. The molecule has 1 fully saturated rings. The molecule has 2 heterocycles. The summed E-state index contributed by atoms with van der Waals surface area (Å²) in [5.74, 6) is -0.759. The first-order valence-corrected chi connectivity index (χ1v) is 11.9.